The standard InChI is InChI=1S/C18H29N3O2/c1-14-4-3-9-21(11-14)12-17-7-5-16(6-8-17)10-19-18(23)20-15(2)13-22/h5-8,14-15,22H,3-4,9-13H2,1-2H3,(H2,19,20,23)/t14?,15-/m0/s1. The van der Waals surface area contributed by atoms with E-state index in [0.29, 0.717) is 6.54 Å². The third kappa shape index (κ3) is 6.20. The molecule has 2 amide bonds. The summed E-state index contributed by atoms with van der Waals surface area (Å²) in [6.07, 6.45) is 2.64. The van der Waals surface area contributed by atoms with E-state index in [1.165, 1.54) is 31.5 Å². The molecule has 5 nitrogen and oxygen atoms in total. The molecule has 1 unspecified atom stereocenters. The first-order valence-electron chi connectivity index (χ1n) is 8.52. The molecule has 0 saturated carbocycles. The Morgan fingerprint density at radius 1 is 1.35 bits per heavy atom. The zero-order valence-corrected chi connectivity index (χ0v) is 14.2. The summed E-state index contributed by atoms with van der Waals surface area (Å²) in [6, 6.07) is 7.94. The fraction of sp³-hybridized carbons (Fsp3) is 0.611. The maximum atomic E-state index is 11.6. The van der Waals surface area contributed by atoms with Crippen LogP contribution in [0.5, 0.6) is 0 Å². The zero-order chi connectivity index (χ0) is 16.7. The fourth-order valence-corrected chi connectivity index (χ4v) is 2.95. The highest BCUT2D eigenvalue weighted by atomic mass is 16.3. The Balaban J connectivity index is 1.77. The highest BCUT2D eigenvalue weighted by Gasteiger charge is 2.16. The molecule has 2 atom stereocenters. The molecule has 1 aromatic rings. The van der Waals surface area contributed by atoms with Gasteiger partial charge >= 0.3 is 6.03 Å². The Kier molecular flexibility index (Phi) is 6.86. The SMILES string of the molecule is CC1CCCN(Cc2ccc(CNC(=O)N[C@@H](C)CO)cc2)C1. The summed E-state index contributed by atoms with van der Waals surface area (Å²) in [5.74, 6) is 0.798. The van der Waals surface area contributed by atoms with Crippen molar-refractivity contribution in [3.63, 3.8) is 0 Å². The molecule has 1 heterocycles. The summed E-state index contributed by atoms with van der Waals surface area (Å²) in [4.78, 5) is 14.1. The van der Waals surface area contributed by atoms with Gasteiger partial charge in [-0.3, -0.25) is 4.90 Å². The number of aliphatic hydroxyl groups is 1. The lowest BCUT2D eigenvalue weighted by Crippen LogP contribution is -2.41. The number of rotatable bonds is 6. The average molecular weight is 319 g/mol. The lowest BCUT2D eigenvalue weighted by Gasteiger charge is -2.30. The van der Waals surface area contributed by atoms with Gasteiger partial charge in [-0.15, -0.1) is 0 Å². The van der Waals surface area contributed by atoms with E-state index in [1.54, 1.807) is 6.92 Å². The Morgan fingerprint density at radius 3 is 2.70 bits per heavy atom. The Morgan fingerprint density at radius 2 is 2.04 bits per heavy atom. The van der Waals surface area contributed by atoms with Crippen LogP contribution in [0.15, 0.2) is 24.3 Å². The van der Waals surface area contributed by atoms with Gasteiger partial charge in [0.05, 0.1) is 12.6 Å². The molecule has 1 aliphatic rings. The number of carbonyl (C=O) groups is 1. The van der Waals surface area contributed by atoms with Crippen LogP contribution in [0.3, 0.4) is 0 Å². The van der Waals surface area contributed by atoms with E-state index < -0.39 is 0 Å². The van der Waals surface area contributed by atoms with Crippen molar-refractivity contribution in [1.82, 2.24) is 15.5 Å². The Hall–Kier alpha value is -1.59. The molecule has 1 fully saturated rings. The van der Waals surface area contributed by atoms with E-state index in [0.717, 1.165) is 18.0 Å². The van der Waals surface area contributed by atoms with E-state index in [1.807, 2.05) is 0 Å². The molecule has 0 aromatic heterocycles. The number of benzene rings is 1. The van der Waals surface area contributed by atoms with Crippen LogP contribution in [-0.4, -0.2) is 41.8 Å². The number of urea groups is 1. The van der Waals surface area contributed by atoms with Gasteiger partial charge in [0, 0.05) is 19.6 Å². The molecule has 5 heteroatoms. The van der Waals surface area contributed by atoms with Crippen molar-refractivity contribution in [3.8, 4) is 0 Å². The third-order valence-electron chi connectivity index (χ3n) is 4.27. The van der Waals surface area contributed by atoms with Crippen LogP contribution in [0.1, 0.15) is 37.8 Å². The Labute approximate surface area is 139 Å². The molecule has 1 aliphatic heterocycles. The van der Waals surface area contributed by atoms with Gasteiger partial charge in [-0.1, -0.05) is 31.2 Å². The van der Waals surface area contributed by atoms with Crippen LogP contribution in [0.2, 0.25) is 0 Å². The molecule has 2 rings (SSSR count). The monoisotopic (exact) mass is 319 g/mol. The fourth-order valence-electron chi connectivity index (χ4n) is 2.95. The highest BCUT2D eigenvalue weighted by Crippen LogP contribution is 2.18. The van der Waals surface area contributed by atoms with Crippen LogP contribution < -0.4 is 10.6 Å². The minimum Gasteiger partial charge on any atom is -0.394 e. The van der Waals surface area contributed by atoms with Gasteiger partial charge in [0.25, 0.3) is 0 Å². The molecule has 0 spiro atoms. The zero-order valence-electron chi connectivity index (χ0n) is 14.2. The summed E-state index contributed by atoms with van der Waals surface area (Å²) in [5.41, 5.74) is 2.40. The molecule has 23 heavy (non-hydrogen) atoms. The van der Waals surface area contributed by atoms with Gasteiger partial charge in [-0.2, -0.15) is 0 Å². The predicted octanol–water partition coefficient (Wildman–Crippen LogP) is 2.10. The minimum absolute atomic E-state index is 0.0583. The van der Waals surface area contributed by atoms with Gasteiger partial charge in [-0.25, -0.2) is 4.79 Å². The molecule has 128 valence electrons. The van der Waals surface area contributed by atoms with Crippen molar-refractivity contribution >= 4 is 6.03 Å². The number of nitrogens with one attached hydrogen (secondary N) is 2. The minimum atomic E-state index is -0.252. The summed E-state index contributed by atoms with van der Waals surface area (Å²) in [7, 11) is 0. The second-order valence-corrected chi connectivity index (χ2v) is 6.71. The van der Waals surface area contributed by atoms with Crippen molar-refractivity contribution in [2.45, 2.75) is 45.8 Å². The molecule has 1 saturated heterocycles. The first-order chi connectivity index (χ1) is 11.1. The summed E-state index contributed by atoms with van der Waals surface area (Å²) in [5, 5.41) is 14.4. The highest BCUT2D eigenvalue weighted by molar-refractivity contribution is 5.74. The van der Waals surface area contributed by atoms with Crippen molar-refractivity contribution in [3.05, 3.63) is 35.4 Å². The third-order valence-corrected chi connectivity index (χ3v) is 4.27. The lowest BCUT2D eigenvalue weighted by molar-refractivity contribution is 0.176. The number of carbonyl (C=O) groups excluding carboxylic acids is 1. The maximum absolute atomic E-state index is 11.6. The number of hydrogen-bond donors (Lipinski definition) is 3. The van der Waals surface area contributed by atoms with Gasteiger partial charge in [0.2, 0.25) is 0 Å². The quantitative estimate of drug-likeness (QED) is 0.752. The molecule has 0 bridgehead atoms. The van der Waals surface area contributed by atoms with E-state index in [4.69, 9.17) is 5.11 Å². The van der Waals surface area contributed by atoms with Crippen LogP contribution in [-0.2, 0) is 13.1 Å². The van der Waals surface area contributed by atoms with Gasteiger partial charge in [0.1, 0.15) is 0 Å². The molecule has 1 aromatic carbocycles. The van der Waals surface area contributed by atoms with Crippen LogP contribution >= 0.6 is 0 Å². The molecular weight excluding hydrogens is 290 g/mol. The van der Waals surface area contributed by atoms with Crippen LogP contribution in [0.4, 0.5) is 4.79 Å². The van der Waals surface area contributed by atoms with Crippen LogP contribution in [0.25, 0.3) is 0 Å². The number of nitrogens with zero attached hydrogens (tertiary/aromatic N) is 1. The van der Waals surface area contributed by atoms with E-state index >= 15 is 0 Å². The maximum Gasteiger partial charge on any atom is 0.315 e. The second-order valence-electron chi connectivity index (χ2n) is 6.71. The van der Waals surface area contributed by atoms with Gasteiger partial charge in [0.15, 0.2) is 0 Å². The van der Waals surface area contributed by atoms with Crippen molar-refractivity contribution in [2.24, 2.45) is 5.92 Å². The molecule has 0 aliphatic carbocycles. The van der Waals surface area contributed by atoms with Crippen molar-refractivity contribution in [1.29, 1.82) is 0 Å². The average Bonchev–Trinajstić information content (AvgIpc) is 2.54. The number of amides is 2. The molecular formula is C18H29N3O2. The Bertz CT molecular complexity index is 490. The second kappa shape index (κ2) is 8.89. The van der Waals surface area contributed by atoms with Gasteiger partial charge in [-0.05, 0) is 43.4 Å². The van der Waals surface area contributed by atoms with E-state index in [-0.39, 0.29) is 18.7 Å². The van der Waals surface area contributed by atoms with Gasteiger partial charge < -0.3 is 15.7 Å². The number of hydrogen-bond acceptors (Lipinski definition) is 3. The summed E-state index contributed by atoms with van der Waals surface area (Å²) < 4.78 is 0. The first kappa shape index (κ1) is 17.8. The van der Waals surface area contributed by atoms with Crippen molar-refractivity contribution in [2.75, 3.05) is 19.7 Å². The normalized spacial score (nSPS) is 20.0. The number of piperidine rings is 1. The lowest BCUT2D eigenvalue weighted by atomic mass is 9.99. The van der Waals surface area contributed by atoms with E-state index in [2.05, 4.69) is 46.7 Å². The predicted molar refractivity (Wildman–Crippen MR) is 92.0 cm³/mol. The van der Waals surface area contributed by atoms with Crippen molar-refractivity contribution < 1.29 is 9.90 Å². The smallest absolute Gasteiger partial charge is 0.315 e. The van der Waals surface area contributed by atoms with E-state index in [9.17, 15) is 4.79 Å². The summed E-state index contributed by atoms with van der Waals surface area (Å²) >= 11 is 0. The molecule has 0 radical (unpaired) electrons. The first-order valence-corrected chi connectivity index (χ1v) is 8.52. The number of aliphatic hydroxyl groups excluding tert-OH is 1. The largest absolute Gasteiger partial charge is 0.394 e. The van der Waals surface area contributed by atoms with Crippen LogP contribution in [0, 0.1) is 5.92 Å². The molecule has 3 N–H and O–H groups in total. The number of likely N-dealkylation sites (tertiary alicyclic amines) is 1. The summed E-state index contributed by atoms with van der Waals surface area (Å²) in [6.45, 7) is 7.90. The topological polar surface area (TPSA) is 64.6 Å².